The van der Waals surface area contributed by atoms with Crippen molar-refractivity contribution in [2.24, 2.45) is 0 Å². The van der Waals surface area contributed by atoms with Gasteiger partial charge in [0.15, 0.2) is 0 Å². The first kappa shape index (κ1) is 11.4. The van der Waals surface area contributed by atoms with Crippen molar-refractivity contribution in [2.75, 3.05) is 31.6 Å². The van der Waals surface area contributed by atoms with E-state index in [9.17, 15) is 5.11 Å². The van der Waals surface area contributed by atoms with Gasteiger partial charge < -0.3 is 14.9 Å². The van der Waals surface area contributed by atoms with E-state index in [2.05, 4.69) is 28.8 Å². The molecule has 1 aromatic rings. The van der Waals surface area contributed by atoms with E-state index in [4.69, 9.17) is 0 Å². The van der Waals surface area contributed by atoms with Gasteiger partial charge in [0.25, 0.3) is 0 Å². The lowest BCUT2D eigenvalue weighted by Crippen LogP contribution is -2.50. The van der Waals surface area contributed by atoms with Gasteiger partial charge in [0.1, 0.15) is 0 Å². The van der Waals surface area contributed by atoms with Gasteiger partial charge in [0.05, 0.1) is 18.5 Å². The maximum Gasteiger partial charge on any atom is 0.0703 e. The summed E-state index contributed by atoms with van der Waals surface area (Å²) in [5.41, 5.74) is 2.04. The topological polar surface area (TPSA) is 39.6 Å². The van der Waals surface area contributed by atoms with Crippen LogP contribution < -0.4 is 4.90 Å². The number of piperazine rings is 1. The zero-order chi connectivity index (χ0) is 11.5. The summed E-state index contributed by atoms with van der Waals surface area (Å²) in [5, 5.41) is 9.30. The molecule has 0 aliphatic carbocycles. The largest absolute Gasteiger partial charge is 0.392 e. The Balaban J connectivity index is 2.18. The van der Waals surface area contributed by atoms with E-state index in [-0.39, 0.29) is 6.61 Å². The molecule has 1 aliphatic rings. The molecular weight excluding hydrogens is 202 g/mol. The molecule has 88 valence electrons. The van der Waals surface area contributed by atoms with E-state index in [0.29, 0.717) is 6.04 Å². The normalized spacial score (nSPS) is 22.4. The number of nitrogens with zero attached hydrogens (tertiary/aromatic N) is 3. The molecule has 0 radical (unpaired) electrons. The third-order valence-corrected chi connectivity index (χ3v) is 3.36. The summed E-state index contributed by atoms with van der Waals surface area (Å²) in [4.78, 5) is 8.81. The highest BCUT2D eigenvalue weighted by molar-refractivity contribution is 5.51. The van der Waals surface area contributed by atoms with Crippen LogP contribution in [0.4, 0.5) is 5.69 Å². The van der Waals surface area contributed by atoms with E-state index < -0.39 is 0 Å². The Labute approximate surface area is 96.5 Å². The molecule has 1 N–H and O–H groups in total. The summed E-state index contributed by atoms with van der Waals surface area (Å²) >= 11 is 0. The molecule has 0 saturated carbocycles. The average Bonchev–Trinajstić information content (AvgIpc) is 2.32. The molecule has 0 spiro atoms. The Morgan fingerprint density at radius 1 is 1.50 bits per heavy atom. The van der Waals surface area contributed by atoms with Gasteiger partial charge >= 0.3 is 0 Å². The summed E-state index contributed by atoms with van der Waals surface area (Å²) in [5.74, 6) is 0. The first-order chi connectivity index (χ1) is 7.72. The molecule has 2 rings (SSSR count). The molecule has 16 heavy (non-hydrogen) atoms. The van der Waals surface area contributed by atoms with Crippen LogP contribution in [-0.4, -0.2) is 47.7 Å². The number of anilines is 1. The van der Waals surface area contributed by atoms with Crippen LogP contribution in [0, 0.1) is 0 Å². The molecule has 1 unspecified atom stereocenters. The molecule has 1 aromatic heterocycles. The van der Waals surface area contributed by atoms with Crippen LogP contribution in [0.3, 0.4) is 0 Å². The van der Waals surface area contributed by atoms with Crippen LogP contribution in [0.15, 0.2) is 18.5 Å². The van der Waals surface area contributed by atoms with E-state index in [1.165, 1.54) is 0 Å². The second-order valence-corrected chi connectivity index (χ2v) is 4.44. The van der Waals surface area contributed by atoms with E-state index in [1.54, 1.807) is 6.20 Å². The minimum atomic E-state index is 0.0819. The van der Waals surface area contributed by atoms with Crippen LogP contribution >= 0.6 is 0 Å². The first-order valence-corrected chi connectivity index (χ1v) is 5.71. The standard InChI is InChI=1S/C12H19N3O/c1-10-8-15(6-5-14(10)2)12-7-13-4-3-11(12)9-16/h3-4,7,10,16H,5-6,8-9H2,1-2H3. The Hall–Kier alpha value is -1.13. The van der Waals surface area contributed by atoms with Crippen molar-refractivity contribution >= 4 is 5.69 Å². The molecule has 2 heterocycles. The van der Waals surface area contributed by atoms with Gasteiger partial charge in [0.2, 0.25) is 0 Å². The number of aliphatic hydroxyl groups is 1. The monoisotopic (exact) mass is 221 g/mol. The van der Waals surface area contributed by atoms with Crippen molar-refractivity contribution in [1.29, 1.82) is 0 Å². The van der Waals surface area contributed by atoms with Gasteiger partial charge in [-0.2, -0.15) is 0 Å². The summed E-state index contributed by atoms with van der Waals surface area (Å²) in [6, 6.07) is 2.43. The molecule has 1 saturated heterocycles. The predicted molar refractivity (Wildman–Crippen MR) is 64.5 cm³/mol. The van der Waals surface area contributed by atoms with Crippen molar-refractivity contribution < 1.29 is 5.11 Å². The highest BCUT2D eigenvalue weighted by atomic mass is 16.3. The summed E-state index contributed by atoms with van der Waals surface area (Å²) in [6.07, 6.45) is 3.58. The molecule has 0 bridgehead atoms. The third kappa shape index (κ3) is 2.18. The Kier molecular flexibility index (Phi) is 3.41. The molecule has 0 aromatic carbocycles. The van der Waals surface area contributed by atoms with Crippen LogP contribution in [0.5, 0.6) is 0 Å². The quantitative estimate of drug-likeness (QED) is 0.798. The van der Waals surface area contributed by atoms with Gasteiger partial charge in [-0.15, -0.1) is 0 Å². The van der Waals surface area contributed by atoms with Crippen molar-refractivity contribution in [1.82, 2.24) is 9.88 Å². The van der Waals surface area contributed by atoms with Crippen molar-refractivity contribution in [3.8, 4) is 0 Å². The fourth-order valence-electron chi connectivity index (χ4n) is 2.10. The van der Waals surface area contributed by atoms with E-state index >= 15 is 0 Å². The Bertz CT molecular complexity index is 356. The predicted octanol–water partition coefficient (Wildman–Crippen LogP) is 0.714. The van der Waals surface area contributed by atoms with Crippen LogP contribution in [-0.2, 0) is 6.61 Å². The van der Waals surface area contributed by atoms with Gasteiger partial charge in [-0.3, -0.25) is 4.98 Å². The van der Waals surface area contributed by atoms with Gasteiger partial charge in [-0.05, 0) is 20.0 Å². The summed E-state index contributed by atoms with van der Waals surface area (Å²) in [6.45, 7) is 5.36. The fourth-order valence-corrected chi connectivity index (χ4v) is 2.10. The zero-order valence-corrected chi connectivity index (χ0v) is 9.93. The van der Waals surface area contributed by atoms with E-state index in [1.807, 2.05) is 12.3 Å². The summed E-state index contributed by atoms with van der Waals surface area (Å²) < 4.78 is 0. The average molecular weight is 221 g/mol. The number of pyridine rings is 1. The van der Waals surface area contributed by atoms with Gasteiger partial charge in [-0.1, -0.05) is 0 Å². The Morgan fingerprint density at radius 3 is 3.00 bits per heavy atom. The molecule has 1 fully saturated rings. The van der Waals surface area contributed by atoms with Crippen LogP contribution in [0.2, 0.25) is 0 Å². The molecule has 1 aliphatic heterocycles. The lowest BCUT2D eigenvalue weighted by Gasteiger charge is -2.39. The number of aromatic nitrogens is 1. The van der Waals surface area contributed by atoms with Gasteiger partial charge in [0, 0.05) is 37.4 Å². The van der Waals surface area contributed by atoms with Crippen LogP contribution in [0.25, 0.3) is 0 Å². The minimum absolute atomic E-state index is 0.0819. The molecular formula is C12H19N3O. The Morgan fingerprint density at radius 2 is 2.31 bits per heavy atom. The van der Waals surface area contributed by atoms with Crippen LogP contribution in [0.1, 0.15) is 12.5 Å². The fraction of sp³-hybridized carbons (Fsp3) is 0.583. The lowest BCUT2D eigenvalue weighted by atomic mass is 10.1. The second-order valence-electron chi connectivity index (χ2n) is 4.44. The number of hydrogen-bond donors (Lipinski definition) is 1. The lowest BCUT2D eigenvalue weighted by molar-refractivity contribution is 0.233. The number of rotatable bonds is 2. The van der Waals surface area contributed by atoms with Gasteiger partial charge in [-0.25, -0.2) is 0 Å². The van der Waals surface area contributed by atoms with Crippen molar-refractivity contribution in [3.05, 3.63) is 24.0 Å². The zero-order valence-electron chi connectivity index (χ0n) is 9.93. The second kappa shape index (κ2) is 4.80. The minimum Gasteiger partial charge on any atom is -0.392 e. The molecule has 4 heteroatoms. The van der Waals surface area contributed by atoms with E-state index in [0.717, 1.165) is 30.9 Å². The highest BCUT2D eigenvalue weighted by Crippen LogP contribution is 2.21. The smallest absolute Gasteiger partial charge is 0.0703 e. The summed E-state index contributed by atoms with van der Waals surface area (Å²) in [7, 11) is 2.15. The SMILES string of the molecule is CC1CN(c2cnccc2CO)CCN1C. The van der Waals surface area contributed by atoms with Crippen molar-refractivity contribution in [2.45, 2.75) is 19.6 Å². The molecule has 1 atom stereocenters. The maximum absolute atomic E-state index is 9.30. The highest BCUT2D eigenvalue weighted by Gasteiger charge is 2.22. The number of likely N-dealkylation sites (N-methyl/N-ethyl adjacent to an activating group) is 1. The number of hydrogen-bond acceptors (Lipinski definition) is 4. The maximum atomic E-state index is 9.30. The molecule has 4 nitrogen and oxygen atoms in total. The number of aliphatic hydroxyl groups excluding tert-OH is 1. The van der Waals surface area contributed by atoms with Crippen molar-refractivity contribution in [3.63, 3.8) is 0 Å². The first-order valence-electron chi connectivity index (χ1n) is 5.71. The third-order valence-electron chi connectivity index (χ3n) is 3.36. The molecule has 0 amide bonds.